The van der Waals surface area contributed by atoms with Gasteiger partial charge < -0.3 is 14.8 Å². The Hall–Kier alpha value is -3.10. The van der Waals surface area contributed by atoms with Crippen LogP contribution in [0.2, 0.25) is 0 Å². The Kier molecular flexibility index (Phi) is 5.71. The number of thioether (sulfide) groups is 1. The molecule has 1 saturated heterocycles. The molecular weight excluding hydrogens is 420 g/mol. The molecule has 0 bridgehead atoms. The normalized spacial score (nSPS) is 14.9. The summed E-state index contributed by atoms with van der Waals surface area (Å²) in [6, 6.07) is 16.5. The molecule has 0 atom stereocenters. The largest absolute Gasteiger partial charge is 0.360 e. The molecule has 164 valence electrons. The molecule has 32 heavy (non-hydrogen) atoms. The second kappa shape index (κ2) is 8.80. The second-order valence-electron chi connectivity index (χ2n) is 8.20. The third kappa shape index (κ3) is 4.03. The number of piperazine rings is 1. The van der Waals surface area contributed by atoms with E-state index >= 15 is 0 Å². The Labute approximate surface area is 191 Å². The first kappa shape index (κ1) is 20.8. The molecule has 3 heterocycles. The van der Waals surface area contributed by atoms with Crippen molar-refractivity contribution in [3.05, 3.63) is 60.3 Å². The number of amides is 1. The minimum Gasteiger partial charge on any atom is -0.360 e. The van der Waals surface area contributed by atoms with E-state index in [9.17, 15) is 4.79 Å². The zero-order valence-electron chi connectivity index (χ0n) is 18.3. The van der Waals surface area contributed by atoms with E-state index < -0.39 is 0 Å². The van der Waals surface area contributed by atoms with E-state index in [-0.39, 0.29) is 5.91 Å². The van der Waals surface area contributed by atoms with Crippen LogP contribution in [0.25, 0.3) is 28.0 Å². The highest BCUT2D eigenvalue weighted by molar-refractivity contribution is 7.99. The highest BCUT2D eigenvalue weighted by Crippen LogP contribution is 2.32. The average molecular weight is 447 g/mol. The molecule has 0 unspecified atom stereocenters. The number of aromatic nitrogens is 4. The Morgan fingerprint density at radius 2 is 1.88 bits per heavy atom. The number of hydrogen-bond acceptors (Lipinski definition) is 5. The molecule has 0 spiro atoms. The van der Waals surface area contributed by atoms with Gasteiger partial charge in [-0.3, -0.25) is 9.36 Å². The lowest BCUT2D eigenvalue weighted by molar-refractivity contribution is -0.129. The van der Waals surface area contributed by atoms with Crippen LogP contribution in [0.1, 0.15) is 5.56 Å². The predicted octanol–water partition coefficient (Wildman–Crippen LogP) is 3.59. The van der Waals surface area contributed by atoms with Crippen LogP contribution < -0.4 is 0 Å². The Balaban J connectivity index is 1.48. The summed E-state index contributed by atoms with van der Waals surface area (Å²) in [6.45, 7) is 5.46. The van der Waals surface area contributed by atoms with Crippen LogP contribution in [-0.4, -0.2) is 74.4 Å². The number of aromatic amines is 1. The molecule has 5 rings (SSSR count). The van der Waals surface area contributed by atoms with Crippen LogP contribution >= 0.6 is 11.8 Å². The van der Waals surface area contributed by atoms with E-state index in [1.54, 1.807) is 0 Å². The first-order valence-corrected chi connectivity index (χ1v) is 11.8. The maximum absolute atomic E-state index is 12.8. The molecule has 4 aromatic rings. The van der Waals surface area contributed by atoms with Gasteiger partial charge in [0, 0.05) is 54.5 Å². The van der Waals surface area contributed by atoms with Crippen molar-refractivity contribution >= 4 is 28.6 Å². The van der Waals surface area contributed by atoms with Gasteiger partial charge in [-0.15, -0.1) is 10.2 Å². The summed E-state index contributed by atoms with van der Waals surface area (Å²) in [5.41, 5.74) is 4.20. The van der Waals surface area contributed by atoms with Gasteiger partial charge in [-0.25, -0.2) is 0 Å². The predicted molar refractivity (Wildman–Crippen MR) is 128 cm³/mol. The van der Waals surface area contributed by atoms with Crippen LogP contribution in [0.3, 0.4) is 0 Å². The van der Waals surface area contributed by atoms with Crippen LogP contribution in [0.5, 0.6) is 0 Å². The van der Waals surface area contributed by atoms with Crippen molar-refractivity contribution in [2.75, 3.05) is 39.0 Å². The van der Waals surface area contributed by atoms with E-state index in [1.807, 2.05) is 29.3 Å². The van der Waals surface area contributed by atoms with Gasteiger partial charge in [0.2, 0.25) is 5.91 Å². The minimum absolute atomic E-state index is 0.149. The van der Waals surface area contributed by atoms with Crippen molar-refractivity contribution in [3.63, 3.8) is 0 Å². The summed E-state index contributed by atoms with van der Waals surface area (Å²) in [6.07, 6.45) is 1.98. The molecule has 1 amide bonds. The summed E-state index contributed by atoms with van der Waals surface area (Å²) in [4.78, 5) is 20.3. The molecular formula is C24H26N6OS. The summed E-state index contributed by atoms with van der Waals surface area (Å²) in [7, 11) is 2.09. The summed E-state index contributed by atoms with van der Waals surface area (Å²) in [5.74, 6) is 1.26. The molecule has 7 nitrogen and oxygen atoms in total. The molecule has 0 saturated carbocycles. The van der Waals surface area contributed by atoms with Crippen molar-refractivity contribution in [2.45, 2.75) is 12.1 Å². The summed E-state index contributed by atoms with van der Waals surface area (Å²) in [5, 5.41) is 10.9. The number of carbonyl (C=O) groups is 1. The van der Waals surface area contributed by atoms with Crippen LogP contribution in [-0.2, 0) is 4.79 Å². The monoisotopic (exact) mass is 446 g/mol. The van der Waals surface area contributed by atoms with Gasteiger partial charge in [-0.2, -0.15) is 0 Å². The lowest BCUT2D eigenvalue weighted by Gasteiger charge is -2.32. The lowest BCUT2D eigenvalue weighted by atomic mass is 10.1. The van der Waals surface area contributed by atoms with Crippen molar-refractivity contribution in [3.8, 4) is 17.1 Å². The molecule has 0 aliphatic carbocycles. The fourth-order valence-electron chi connectivity index (χ4n) is 4.07. The quantitative estimate of drug-likeness (QED) is 0.475. The van der Waals surface area contributed by atoms with Crippen molar-refractivity contribution in [1.82, 2.24) is 29.5 Å². The lowest BCUT2D eigenvalue weighted by Crippen LogP contribution is -2.47. The molecule has 2 aromatic carbocycles. The average Bonchev–Trinajstić information content (AvgIpc) is 3.42. The highest BCUT2D eigenvalue weighted by Gasteiger charge is 2.22. The SMILES string of the molecule is Cc1cccc(-n2c(SCC(=O)N3CCN(C)CC3)nnc2-c2c[nH]c3ccccc23)c1. The number of hydrogen-bond donors (Lipinski definition) is 1. The van der Waals surface area contributed by atoms with Gasteiger partial charge in [0.05, 0.1) is 5.75 Å². The minimum atomic E-state index is 0.149. The van der Waals surface area contributed by atoms with Gasteiger partial charge in [0.1, 0.15) is 0 Å². The zero-order valence-corrected chi connectivity index (χ0v) is 19.1. The molecule has 1 aliphatic heterocycles. The van der Waals surface area contributed by atoms with E-state index in [0.717, 1.165) is 64.9 Å². The molecule has 2 aromatic heterocycles. The number of para-hydroxylation sites is 1. The van der Waals surface area contributed by atoms with Crippen LogP contribution in [0.15, 0.2) is 59.9 Å². The van der Waals surface area contributed by atoms with Gasteiger partial charge in [0.25, 0.3) is 0 Å². The third-order valence-corrected chi connectivity index (χ3v) is 6.82. The first-order chi connectivity index (χ1) is 15.6. The maximum atomic E-state index is 12.8. The number of benzene rings is 2. The zero-order chi connectivity index (χ0) is 22.1. The van der Waals surface area contributed by atoms with Gasteiger partial charge in [-0.1, -0.05) is 42.1 Å². The van der Waals surface area contributed by atoms with Crippen LogP contribution in [0.4, 0.5) is 0 Å². The van der Waals surface area contributed by atoms with Gasteiger partial charge >= 0.3 is 0 Å². The van der Waals surface area contributed by atoms with Gasteiger partial charge in [-0.05, 0) is 37.7 Å². The van der Waals surface area contributed by atoms with Crippen molar-refractivity contribution in [1.29, 1.82) is 0 Å². The summed E-state index contributed by atoms with van der Waals surface area (Å²) >= 11 is 1.45. The van der Waals surface area contributed by atoms with Crippen LogP contribution in [0, 0.1) is 6.92 Å². The summed E-state index contributed by atoms with van der Waals surface area (Å²) < 4.78 is 2.06. The number of fused-ring (bicyclic) bond motifs is 1. The molecule has 1 fully saturated rings. The maximum Gasteiger partial charge on any atom is 0.233 e. The Morgan fingerprint density at radius 1 is 1.06 bits per heavy atom. The third-order valence-electron chi connectivity index (χ3n) is 5.90. The van der Waals surface area contributed by atoms with E-state index in [4.69, 9.17) is 0 Å². The van der Waals surface area contributed by atoms with Gasteiger partial charge in [0.15, 0.2) is 11.0 Å². The highest BCUT2D eigenvalue weighted by atomic mass is 32.2. The van der Waals surface area contributed by atoms with E-state index in [0.29, 0.717) is 5.75 Å². The number of nitrogens with zero attached hydrogens (tertiary/aromatic N) is 5. The topological polar surface area (TPSA) is 70.1 Å². The van der Waals surface area contributed by atoms with E-state index in [2.05, 4.69) is 69.0 Å². The standard InChI is InChI=1S/C24H26N6OS/c1-17-6-5-7-18(14-17)30-23(20-15-25-21-9-4-3-8-19(20)21)26-27-24(30)32-16-22(31)29-12-10-28(2)11-13-29/h3-9,14-15,25H,10-13,16H2,1-2H3. The number of H-pyrrole nitrogens is 1. The number of rotatable bonds is 5. The second-order valence-corrected chi connectivity index (χ2v) is 9.14. The number of aryl methyl sites for hydroxylation is 1. The Morgan fingerprint density at radius 3 is 2.69 bits per heavy atom. The number of likely N-dealkylation sites (N-methyl/N-ethyl adjacent to an activating group) is 1. The molecule has 1 aliphatic rings. The fraction of sp³-hybridized carbons (Fsp3) is 0.292. The number of nitrogens with one attached hydrogen (secondary N) is 1. The smallest absolute Gasteiger partial charge is 0.233 e. The van der Waals surface area contributed by atoms with Crippen molar-refractivity contribution < 1.29 is 4.79 Å². The molecule has 1 N–H and O–H groups in total. The molecule has 8 heteroatoms. The van der Waals surface area contributed by atoms with E-state index in [1.165, 1.54) is 11.8 Å². The number of carbonyl (C=O) groups excluding carboxylic acids is 1. The Bertz CT molecular complexity index is 1250. The van der Waals surface area contributed by atoms with Crippen molar-refractivity contribution in [2.24, 2.45) is 0 Å². The fourth-order valence-corrected chi connectivity index (χ4v) is 4.92. The first-order valence-electron chi connectivity index (χ1n) is 10.8. The molecule has 0 radical (unpaired) electrons.